The summed E-state index contributed by atoms with van der Waals surface area (Å²) < 4.78 is 5.36. The van der Waals surface area contributed by atoms with Crippen molar-refractivity contribution in [2.45, 2.75) is 96.6 Å². The maximum absolute atomic E-state index is 12.8. The highest BCUT2D eigenvalue weighted by Crippen LogP contribution is 2.13. The molecule has 6 heteroatoms. The van der Waals surface area contributed by atoms with Gasteiger partial charge in [-0.25, -0.2) is 4.79 Å². The van der Waals surface area contributed by atoms with Gasteiger partial charge < -0.3 is 21.1 Å². The number of ketones is 1. The van der Waals surface area contributed by atoms with E-state index in [1.807, 2.05) is 51.1 Å². The first-order valence-corrected chi connectivity index (χ1v) is 12.3. The number of carbonyl (C=O) groups is 2. The molecule has 182 valence electrons. The van der Waals surface area contributed by atoms with Gasteiger partial charge in [-0.2, -0.15) is 0 Å². The van der Waals surface area contributed by atoms with Gasteiger partial charge in [-0.15, -0.1) is 0 Å². The second kappa shape index (κ2) is 16.7. The second-order valence-electron chi connectivity index (χ2n) is 9.47. The fourth-order valence-electron chi connectivity index (χ4n) is 3.50. The Morgan fingerprint density at radius 3 is 2.12 bits per heavy atom. The summed E-state index contributed by atoms with van der Waals surface area (Å²) in [5.41, 5.74) is 5.91. The molecule has 0 fully saturated rings. The topological polar surface area (TPSA) is 93.4 Å². The van der Waals surface area contributed by atoms with E-state index in [4.69, 9.17) is 10.5 Å². The number of nitrogens with one attached hydrogen (secondary N) is 2. The van der Waals surface area contributed by atoms with E-state index in [1.165, 1.54) is 25.7 Å². The Morgan fingerprint density at radius 1 is 0.906 bits per heavy atom. The zero-order valence-corrected chi connectivity index (χ0v) is 20.5. The summed E-state index contributed by atoms with van der Waals surface area (Å²) in [5.74, 6) is 0.0725. The number of hydrogen-bond acceptors (Lipinski definition) is 5. The minimum atomic E-state index is -0.592. The average molecular weight is 448 g/mol. The van der Waals surface area contributed by atoms with Crippen molar-refractivity contribution in [1.82, 2.24) is 10.6 Å². The molecule has 0 aliphatic carbocycles. The van der Waals surface area contributed by atoms with E-state index in [9.17, 15) is 9.59 Å². The molecule has 0 spiro atoms. The fraction of sp³-hybridized carbons (Fsp3) is 0.692. The van der Waals surface area contributed by atoms with Crippen LogP contribution in [-0.2, 0) is 16.0 Å². The van der Waals surface area contributed by atoms with Crippen LogP contribution in [0.4, 0.5) is 4.79 Å². The molecule has 6 nitrogen and oxygen atoms in total. The van der Waals surface area contributed by atoms with Gasteiger partial charge in [0.05, 0.1) is 6.04 Å². The molecule has 0 aliphatic heterocycles. The van der Waals surface area contributed by atoms with Crippen molar-refractivity contribution < 1.29 is 14.3 Å². The molecule has 4 N–H and O–H groups in total. The molecule has 0 aromatic heterocycles. The molecule has 1 aromatic carbocycles. The monoisotopic (exact) mass is 447 g/mol. The molecule has 0 saturated heterocycles. The van der Waals surface area contributed by atoms with Crippen LogP contribution in [-0.4, -0.2) is 43.2 Å². The van der Waals surface area contributed by atoms with Crippen LogP contribution in [0.2, 0.25) is 0 Å². The van der Waals surface area contributed by atoms with Crippen molar-refractivity contribution in [3.63, 3.8) is 0 Å². The number of benzene rings is 1. The Bertz CT molecular complexity index is 629. The van der Waals surface area contributed by atoms with Crippen LogP contribution in [0.1, 0.15) is 84.1 Å². The van der Waals surface area contributed by atoms with Gasteiger partial charge in [-0.05, 0) is 71.7 Å². The molecule has 0 aliphatic rings. The Morgan fingerprint density at radius 2 is 1.50 bits per heavy atom. The van der Waals surface area contributed by atoms with Crippen molar-refractivity contribution in [3.8, 4) is 0 Å². The number of alkyl carbamates (subject to hydrolysis) is 1. The Labute approximate surface area is 195 Å². The van der Waals surface area contributed by atoms with Crippen LogP contribution in [0.5, 0.6) is 0 Å². The molecular weight excluding hydrogens is 402 g/mol. The molecular formula is C26H45N3O3. The number of unbranched alkanes of at least 4 members (excludes halogenated alkanes) is 6. The highest BCUT2D eigenvalue weighted by molar-refractivity contribution is 5.87. The molecule has 1 amide bonds. The minimum absolute atomic E-state index is 0.0725. The lowest BCUT2D eigenvalue weighted by Gasteiger charge is -2.23. The van der Waals surface area contributed by atoms with Crippen molar-refractivity contribution >= 4 is 11.9 Å². The zero-order chi connectivity index (χ0) is 23.7. The summed E-state index contributed by atoms with van der Waals surface area (Å²) >= 11 is 0. The SMILES string of the molecule is CC(C)(C)OC(=O)N[C@@H](Cc1ccccc1)C(=O)CCCCCCCCCNCCCN. The van der Waals surface area contributed by atoms with Gasteiger partial charge in [0.25, 0.3) is 0 Å². The van der Waals surface area contributed by atoms with E-state index in [-0.39, 0.29) is 5.78 Å². The summed E-state index contributed by atoms with van der Waals surface area (Å²) in [6, 6.07) is 9.23. The fourth-order valence-corrected chi connectivity index (χ4v) is 3.50. The van der Waals surface area contributed by atoms with Crippen molar-refractivity contribution in [2.24, 2.45) is 5.73 Å². The number of nitrogens with two attached hydrogens (primary N) is 1. The molecule has 32 heavy (non-hydrogen) atoms. The highest BCUT2D eigenvalue weighted by atomic mass is 16.6. The largest absolute Gasteiger partial charge is 0.444 e. The van der Waals surface area contributed by atoms with Gasteiger partial charge in [-0.1, -0.05) is 62.4 Å². The van der Waals surface area contributed by atoms with E-state index in [2.05, 4.69) is 10.6 Å². The second-order valence-corrected chi connectivity index (χ2v) is 9.47. The summed E-state index contributed by atoms with van der Waals surface area (Å²) in [7, 11) is 0. The van der Waals surface area contributed by atoms with E-state index in [0.29, 0.717) is 12.8 Å². The third kappa shape index (κ3) is 15.0. The number of ether oxygens (including phenoxy) is 1. The van der Waals surface area contributed by atoms with Crippen LogP contribution < -0.4 is 16.4 Å². The lowest BCUT2D eigenvalue weighted by molar-refractivity contribution is -0.121. The quantitative estimate of drug-likeness (QED) is 0.300. The van der Waals surface area contributed by atoms with E-state index in [1.54, 1.807) is 0 Å². The predicted molar refractivity (Wildman–Crippen MR) is 132 cm³/mol. The molecule has 0 saturated carbocycles. The number of hydrogen-bond donors (Lipinski definition) is 3. The maximum atomic E-state index is 12.8. The molecule has 1 aromatic rings. The van der Waals surface area contributed by atoms with Gasteiger partial charge >= 0.3 is 6.09 Å². The predicted octanol–water partition coefficient (Wildman–Crippen LogP) is 4.75. The number of carbonyl (C=O) groups excluding carboxylic acids is 2. The van der Waals surface area contributed by atoms with E-state index in [0.717, 1.165) is 50.9 Å². The van der Waals surface area contributed by atoms with Gasteiger partial charge in [0, 0.05) is 6.42 Å². The van der Waals surface area contributed by atoms with Gasteiger partial charge in [0.1, 0.15) is 5.60 Å². The first-order chi connectivity index (χ1) is 15.3. The Balaban J connectivity index is 2.30. The van der Waals surface area contributed by atoms with Crippen LogP contribution in [0.15, 0.2) is 30.3 Å². The summed E-state index contributed by atoms with van der Waals surface area (Å²) in [6.45, 7) is 8.29. The molecule has 0 heterocycles. The third-order valence-corrected chi connectivity index (χ3v) is 5.20. The van der Waals surface area contributed by atoms with Gasteiger partial charge in [0.15, 0.2) is 5.78 Å². The lowest BCUT2D eigenvalue weighted by Crippen LogP contribution is -2.44. The summed E-state index contributed by atoms with van der Waals surface area (Å²) in [5, 5.41) is 6.20. The minimum Gasteiger partial charge on any atom is -0.444 e. The number of Topliss-reactive ketones (excluding diaryl/α,β-unsaturated/α-hetero) is 1. The Kier molecular flexibility index (Phi) is 14.7. The normalized spacial score (nSPS) is 12.4. The van der Waals surface area contributed by atoms with Crippen molar-refractivity contribution in [1.29, 1.82) is 0 Å². The van der Waals surface area contributed by atoms with E-state index >= 15 is 0 Å². The maximum Gasteiger partial charge on any atom is 0.408 e. The molecule has 0 radical (unpaired) electrons. The third-order valence-electron chi connectivity index (χ3n) is 5.20. The molecule has 1 atom stereocenters. The van der Waals surface area contributed by atoms with Crippen LogP contribution >= 0.6 is 0 Å². The first-order valence-electron chi connectivity index (χ1n) is 12.3. The summed E-state index contributed by atoms with van der Waals surface area (Å²) in [6.07, 6.45) is 9.43. The molecule has 0 unspecified atom stereocenters. The number of rotatable bonds is 17. The highest BCUT2D eigenvalue weighted by Gasteiger charge is 2.24. The van der Waals surface area contributed by atoms with Crippen LogP contribution in [0.3, 0.4) is 0 Å². The van der Waals surface area contributed by atoms with Gasteiger partial charge in [0.2, 0.25) is 0 Å². The Hall–Kier alpha value is -1.92. The molecule has 0 bridgehead atoms. The smallest absolute Gasteiger partial charge is 0.408 e. The zero-order valence-electron chi connectivity index (χ0n) is 20.5. The van der Waals surface area contributed by atoms with Gasteiger partial charge in [-0.3, -0.25) is 4.79 Å². The van der Waals surface area contributed by atoms with Crippen LogP contribution in [0.25, 0.3) is 0 Å². The van der Waals surface area contributed by atoms with Crippen molar-refractivity contribution in [3.05, 3.63) is 35.9 Å². The molecule has 1 rings (SSSR count). The van der Waals surface area contributed by atoms with E-state index < -0.39 is 17.7 Å². The summed E-state index contributed by atoms with van der Waals surface area (Å²) in [4.78, 5) is 25.1. The average Bonchev–Trinajstić information content (AvgIpc) is 2.73. The number of amides is 1. The first kappa shape index (κ1) is 28.1. The van der Waals surface area contributed by atoms with Crippen molar-refractivity contribution in [2.75, 3.05) is 19.6 Å². The standard InChI is InChI=1S/C26H45N3O3/c1-26(2,3)32-25(31)29-23(21-22-15-10-9-11-16-22)24(30)17-12-7-5-4-6-8-13-19-28-20-14-18-27/h9-11,15-16,23,28H,4-8,12-14,17-21,27H2,1-3H3,(H,29,31)/t23-/m0/s1. The van der Waals surface area contributed by atoms with Crippen LogP contribution in [0, 0.1) is 0 Å². The lowest BCUT2D eigenvalue weighted by atomic mass is 9.98.